The van der Waals surface area contributed by atoms with Crippen LogP contribution in [0.2, 0.25) is 0 Å². The summed E-state index contributed by atoms with van der Waals surface area (Å²) in [6.07, 6.45) is 9.58. The molecule has 4 unspecified atom stereocenters. The molecule has 3 N–H and O–H groups in total. The number of carbonyl (C=O) groups is 2. The highest BCUT2D eigenvalue weighted by molar-refractivity contribution is 5.82. The monoisotopic (exact) mass is 307 g/mol. The Labute approximate surface area is 133 Å². The molecule has 2 saturated heterocycles. The summed E-state index contributed by atoms with van der Waals surface area (Å²) in [5.74, 6) is 1.20. The summed E-state index contributed by atoms with van der Waals surface area (Å²) in [6, 6.07) is 0.598. The number of likely N-dealkylation sites (tertiary alicyclic amines) is 1. The summed E-state index contributed by atoms with van der Waals surface area (Å²) < 4.78 is 0. The van der Waals surface area contributed by atoms with E-state index >= 15 is 0 Å². The SMILES string of the molecule is NC(=O)CCC1CCCN(C(=O)C2CC3CCCCC3N2)C1. The van der Waals surface area contributed by atoms with Crippen LogP contribution in [-0.4, -0.2) is 41.9 Å². The molecule has 3 fully saturated rings. The number of primary amides is 1. The number of hydrogen-bond donors (Lipinski definition) is 2. The lowest BCUT2D eigenvalue weighted by molar-refractivity contribution is -0.135. The molecule has 1 aliphatic carbocycles. The number of hydrogen-bond acceptors (Lipinski definition) is 3. The Morgan fingerprint density at radius 2 is 1.95 bits per heavy atom. The van der Waals surface area contributed by atoms with E-state index in [2.05, 4.69) is 5.32 Å². The molecule has 5 nitrogen and oxygen atoms in total. The molecule has 0 radical (unpaired) electrons. The van der Waals surface area contributed by atoms with Gasteiger partial charge in [0, 0.05) is 25.6 Å². The minimum Gasteiger partial charge on any atom is -0.370 e. The Morgan fingerprint density at radius 3 is 2.73 bits per heavy atom. The second-order valence-electron chi connectivity index (χ2n) is 7.40. The second-order valence-corrected chi connectivity index (χ2v) is 7.40. The van der Waals surface area contributed by atoms with Gasteiger partial charge in [0.05, 0.1) is 6.04 Å². The highest BCUT2D eigenvalue weighted by Gasteiger charge is 2.40. The Hall–Kier alpha value is -1.10. The van der Waals surface area contributed by atoms with Gasteiger partial charge in [-0.25, -0.2) is 0 Å². The normalized spacial score (nSPS) is 35.2. The fourth-order valence-electron chi connectivity index (χ4n) is 4.58. The molecule has 0 spiro atoms. The van der Waals surface area contributed by atoms with Crippen LogP contribution in [0.5, 0.6) is 0 Å². The van der Waals surface area contributed by atoms with Crippen molar-refractivity contribution in [3.63, 3.8) is 0 Å². The second kappa shape index (κ2) is 6.99. The third-order valence-corrected chi connectivity index (χ3v) is 5.79. The first-order chi connectivity index (χ1) is 10.6. The first-order valence-electron chi connectivity index (χ1n) is 8.96. The van der Waals surface area contributed by atoms with Crippen molar-refractivity contribution in [1.29, 1.82) is 0 Å². The van der Waals surface area contributed by atoms with Crippen LogP contribution in [0.3, 0.4) is 0 Å². The summed E-state index contributed by atoms with van der Waals surface area (Å²) in [7, 11) is 0. The minimum atomic E-state index is -0.231. The standard InChI is InChI=1S/C17H29N3O2/c18-16(21)8-7-12-4-3-9-20(11-12)17(22)15-10-13-5-1-2-6-14(13)19-15/h12-15,19H,1-11H2,(H2,18,21). The van der Waals surface area contributed by atoms with Gasteiger partial charge in [0.1, 0.15) is 0 Å². The lowest BCUT2D eigenvalue weighted by Crippen LogP contribution is -2.49. The number of nitrogens with two attached hydrogens (primary N) is 1. The Morgan fingerprint density at radius 1 is 1.14 bits per heavy atom. The topological polar surface area (TPSA) is 75.4 Å². The molecule has 0 aromatic carbocycles. The van der Waals surface area contributed by atoms with E-state index in [1.807, 2.05) is 4.90 Å². The quantitative estimate of drug-likeness (QED) is 0.824. The number of nitrogens with zero attached hydrogens (tertiary/aromatic N) is 1. The Balaban J connectivity index is 1.52. The third kappa shape index (κ3) is 3.62. The Kier molecular flexibility index (Phi) is 5.01. The van der Waals surface area contributed by atoms with E-state index in [0.29, 0.717) is 24.3 Å². The minimum absolute atomic E-state index is 0.0305. The zero-order chi connectivity index (χ0) is 15.5. The molecule has 4 atom stereocenters. The fourth-order valence-corrected chi connectivity index (χ4v) is 4.58. The van der Waals surface area contributed by atoms with Gasteiger partial charge in [-0.05, 0) is 50.4 Å². The van der Waals surface area contributed by atoms with Crippen LogP contribution >= 0.6 is 0 Å². The first kappa shape index (κ1) is 15.8. The van der Waals surface area contributed by atoms with Crippen LogP contribution < -0.4 is 11.1 Å². The van der Waals surface area contributed by atoms with Gasteiger partial charge in [0.15, 0.2) is 0 Å². The Bertz CT molecular complexity index is 412. The van der Waals surface area contributed by atoms with Crippen molar-refractivity contribution >= 4 is 11.8 Å². The predicted octanol–water partition coefficient (Wildman–Crippen LogP) is 1.41. The first-order valence-corrected chi connectivity index (χ1v) is 8.96. The molecule has 1 saturated carbocycles. The lowest BCUT2D eigenvalue weighted by Gasteiger charge is -2.34. The predicted molar refractivity (Wildman–Crippen MR) is 85.0 cm³/mol. The highest BCUT2D eigenvalue weighted by Crippen LogP contribution is 2.34. The van der Waals surface area contributed by atoms with E-state index in [0.717, 1.165) is 38.8 Å². The summed E-state index contributed by atoms with van der Waals surface area (Å²) in [5, 5.41) is 3.59. The van der Waals surface area contributed by atoms with Crippen LogP contribution in [0, 0.1) is 11.8 Å². The van der Waals surface area contributed by atoms with Gasteiger partial charge >= 0.3 is 0 Å². The number of nitrogens with one attached hydrogen (secondary N) is 1. The number of fused-ring (bicyclic) bond motifs is 1. The number of piperidine rings is 1. The lowest BCUT2D eigenvalue weighted by atomic mass is 9.85. The van der Waals surface area contributed by atoms with Crippen molar-refractivity contribution in [2.45, 2.75) is 69.9 Å². The van der Waals surface area contributed by atoms with Gasteiger partial charge < -0.3 is 16.0 Å². The molecular formula is C17H29N3O2. The number of amides is 2. The zero-order valence-electron chi connectivity index (χ0n) is 13.4. The molecule has 0 aromatic heterocycles. The number of carbonyl (C=O) groups excluding carboxylic acids is 2. The summed E-state index contributed by atoms with van der Waals surface area (Å²) in [6.45, 7) is 1.68. The van der Waals surface area contributed by atoms with E-state index in [4.69, 9.17) is 5.73 Å². The number of rotatable bonds is 4. The molecule has 2 aliphatic heterocycles. The molecule has 2 heterocycles. The van der Waals surface area contributed by atoms with Crippen molar-refractivity contribution in [2.24, 2.45) is 17.6 Å². The van der Waals surface area contributed by atoms with E-state index in [1.54, 1.807) is 0 Å². The van der Waals surface area contributed by atoms with Gasteiger partial charge in [-0.15, -0.1) is 0 Å². The molecule has 0 aromatic rings. The molecule has 2 amide bonds. The molecule has 3 aliphatic rings. The van der Waals surface area contributed by atoms with Gasteiger partial charge in [-0.1, -0.05) is 12.8 Å². The van der Waals surface area contributed by atoms with Gasteiger partial charge in [-0.2, -0.15) is 0 Å². The smallest absolute Gasteiger partial charge is 0.239 e. The summed E-state index contributed by atoms with van der Waals surface area (Å²) >= 11 is 0. The van der Waals surface area contributed by atoms with E-state index in [1.165, 1.54) is 25.7 Å². The van der Waals surface area contributed by atoms with Gasteiger partial charge in [0.25, 0.3) is 0 Å². The largest absolute Gasteiger partial charge is 0.370 e. The molecule has 22 heavy (non-hydrogen) atoms. The van der Waals surface area contributed by atoms with Crippen molar-refractivity contribution in [3.8, 4) is 0 Å². The average molecular weight is 307 g/mol. The molecule has 3 rings (SSSR count). The van der Waals surface area contributed by atoms with Crippen LogP contribution in [0.25, 0.3) is 0 Å². The van der Waals surface area contributed by atoms with E-state index in [9.17, 15) is 9.59 Å². The summed E-state index contributed by atoms with van der Waals surface area (Å²) in [4.78, 5) is 25.8. The third-order valence-electron chi connectivity index (χ3n) is 5.79. The molecular weight excluding hydrogens is 278 g/mol. The van der Waals surface area contributed by atoms with Crippen LogP contribution in [0.1, 0.15) is 57.8 Å². The van der Waals surface area contributed by atoms with Crippen LogP contribution in [0.4, 0.5) is 0 Å². The maximum Gasteiger partial charge on any atom is 0.239 e. The van der Waals surface area contributed by atoms with Crippen LogP contribution in [-0.2, 0) is 9.59 Å². The van der Waals surface area contributed by atoms with Gasteiger partial charge in [-0.3, -0.25) is 9.59 Å². The van der Waals surface area contributed by atoms with Crippen LogP contribution in [0.15, 0.2) is 0 Å². The molecule has 5 heteroatoms. The fraction of sp³-hybridized carbons (Fsp3) is 0.882. The van der Waals surface area contributed by atoms with E-state index < -0.39 is 0 Å². The average Bonchev–Trinajstić information content (AvgIpc) is 2.96. The maximum atomic E-state index is 12.8. The molecule has 124 valence electrons. The van der Waals surface area contributed by atoms with Crippen molar-refractivity contribution in [3.05, 3.63) is 0 Å². The van der Waals surface area contributed by atoms with Crippen molar-refractivity contribution < 1.29 is 9.59 Å². The van der Waals surface area contributed by atoms with E-state index in [-0.39, 0.29) is 17.9 Å². The van der Waals surface area contributed by atoms with Gasteiger partial charge in [0.2, 0.25) is 11.8 Å². The van der Waals surface area contributed by atoms with Crippen molar-refractivity contribution in [1.82, 2.24) is 10.2 Å². The molecule has 0 bridgehead atoms. The maximum absolute atomic E-state index is 12.8. The zero-order valence-corrected chi connectivity index (χ0v) is 13.4. The van der Waals surface area contributed by atoms with Crippen molar-refractivity contribution in [2.75, 3.05) is 13.1 Å². The summed E-state index contributed by atoms with van der Waals surface area (Å²) in [5.41, 5.74) is 5.24. The highest BCUT2D eigenvalue weighted by atomic mass is 16.2.